The molecule has 0 aliphatic carbocycles. The minimum absolute atomic E-state index is 0.347. The normalized spacial score (nSPS) is 10.3. The number of benzene rings is 2. The summed E-state index contributed by atoms with van der Waals surface area (Å²) in [6, 6.07) is 19.4. The minimum atomic E-state index is 0.347. The molecule has 2 aromatic carbocycles. The van der Waals surface area contributed by atoms with Crippen LogP contribution >= 0.6 is 0 Å². The topological polar surface area (TPSA) is 59.1 Å². The van der Waals surface area contributed by atoms with Gasteiger partial charge in [-0.3, -0.25) is 0 Å². The highest BCUT2D eigenvalue weighted by atomic mass is 16.5. The van der Waals surface area contributed by atoms with Crippen LogP contribution in [0.2, 0.25) is 0 Å². The molecular weight excluding hydrogens is 288 g/mol. The fraction of sp³-hybridized carbons (Fsp3) is 0.158. The van der Waals surface area contributed by atoms with Gasteiger partial charge in [-0.25, -0.2) is 4.98 Å². The zero-order chi connectivity index (χ0) is 16.1. The zero-order valence-electron chi connectivity index (χ0n) is 12.8. The monoisotopic (exact) mass is 304 g/mol. The molecule has 4 nitrogen and oxygen atoms in total. The van der Waals surface area contributed by atoms with Crippen molar-refractivity contribution in [1.29, 1.82) is 5.26 Å². The molecule has 0 bridgehead atoms. The Morgan fingerprint density at radius 3 is 2.52 bits per heavy atom. The maximum Gasteiger partial charge on any atom is 0.226 e. The molecule has 23 heavy (non-hydrogen) atoms. The van der Waals surface area contributed by atoms with Gasteiger partial charge in [0.05, 0.1) is 12.5 Å². The Labute approximate surface area is 135 Å². The van der Waals surface area contributed by atoms with E-state index >= 15 is 0 Å². The molecular formula is C19H16N2O2. The average molecular weight is 304 g/mol. The van der Waals surface area contributed by atoms with Crippen LogP contribution in [0.5, 0.6) is 5.75 Å². The quantitative estimate of drug-likeness (QED) is 0.705. The first-order valence-electron chi connectivity index (χ1n) is 7.36. The first-order valence-corrected chi connectivity index (χ1v) is 7.36. The summed E-state index contributed by atoms with van der Waals surface area (Å²) >= 11 is 0. The number of nitriles is 1. The van der Waals surface area contributed by atoms with Gasteiger partial charge in [-0.2, -0.15) is 5.26 Å². The van der Waals surface area contributed by atoms with E-state index in [-0.39, 0.29) is 0 Å². The van der Waals surface area contributed by atoms with E-state index in [1.807, 2.05) is 61.5 Å². The van der Waals surface area contributed by atoms with Crippen molar-refractivity contribution in [3.63, 3.8) is 0 Å². The molecule has 4 heteroatoms. The van der Waals surface area contributed by atoms with Crippen molar-refractivity contribution in [1.82, 2.24) is 4.98 Å². The standard InChI is InChI=1S/C19H16N2O2/c1-14-18(21-19(23-14)16-5-3-2-4-6-16)13-22-17-9-7-15(8-10-17)11-12-20/h2-10H,11,13H2,1H3. The SMILES string of the molecule is Cc1oc(-c2ccccc2)nc1COc1ccc(CC#N)cc1. The Hall–Kier alpha value is -3.06. The van der Waals surface area contributed by atoms with Crippen LogP contribution < -0.4 is 4.74 Å². The highest BCUT2D eigenvalue weighted by molar-refractivity contribution is 5.53. The van der Waals surface area contributed by atoms with Gasteiger partial charge >= 0.3 is 0 Å². The van der Waals surface area contributed by atoms with E-state index in [2.05, 4.69) is 11.1 Å². The van der Waals surface area contributed by atoms with Gasteiger partial charge in [-0.15, -0.1) is 0 Å². The summed E-state index contributed by atoms with van der Waals surface area (Å²) in [5.41, 5.74) is 2.71. The van der Waals surface area contributed by atoms with Gasteiger partial charge < -0.3 is 9.15 Å². The van der Waals surface area contributed by atoms with E-state index in [0.29, 0.717) is 18.9 Å². The Balaban J connectivity index is 1.69. The lowest BCUT2D eigenvalue weighted by molar-refractivity contribution is 0.299. The van der Waals surface area contributed by atoms with Crippen LogP contribution in [0, 0.1) is 18.3 Å². The molecule has 3 aromatic rings. The van der Waals surface area contributed by atoms with Crippen LogP contribution in [0.25, 0.3) is 11.5 Å². The number of hydrogen-bond acceptors (Lipinski definition) is 4. The molecule has 0 radical (unpaired) electrons. The second kappa shape index (κ2) is 6.80. The lowest BCUT2D eigenvalue weighted by Crippen LogP contribution is -1.97. The molecule has 0 amide bonds. The van der Waals surface area contributed by atoms with Gasteiger partial charge in [-0.05, 0) is 36.8 Å². The molecule has 1 heterocycles. The van der Waals surface area contributed by atoms with Crippen LogP contribution in [0.1, 0.15) is 17.0 Å². The predicted octanol–water partition coefficient (Wildman–Crippen LogP) is 4.30. The van der Waals surface area contributed by atoms with Crippen LogP contribution in [-0.2, 0) is 13.0 Å². The number of rotatable bonds is 5. The van der Waals surface area contributed by atoms with E-state index in [1.54, 1.807) is 0 Å². The number of nitrogens with zero attached hydrogens (tertiary/aromatic N) is 2. The van der Waals surface area contributed by atoms with Crippen molar-refractivity contribution in [2.75, 3.05) is 0 Å². The predicted molar refractivity (Wildman–Crippen MR) is 86.8 cm³/mol. The molecule has 0 fully saturated rings. The lowest BCUT2D eigenvalue weighted by Gasteiger charge is -2.04. The van der Waals surface area contributed by atoms with Crippen molar-refractivity contribution in [2.24, 2.45) is 0 Å². The molecule has 1 aromatic heterocycles. The smallest absolute Gasteiger partial charge is 0.226 e. The average Bonchev–Trinajstić information content (AvgIpc) is 2.96. The Morgan fingerprint density at radius 1 is 1.09 bits per heavy atom. The number of oxazole rings is 1. The fourth-order valence-electron chi connectivity index (χ4n) is 2.21. The Morgan fingerprint density at radius 2 is 1.83 bits per heavy atom. The second-order valence-electron chi connectivity index (χ2n) is 5.16. The zero-order valence-corrected chi connectivity index (χ0v) is 12.8. The van der Waals surface area contributed by atoms with Crippen molar-refractivity contribution >= 4 is 0 Å². The molecule has 114 valence electrons. The van der Waals surface area contributed by atoms with Gasteiger partial charge in [0, 0.05) is 5.56 Å². The maximum atomic E-state index is 8.67. The highest BCUT2D eigenvalue weighted by Gasteiger charge is 2.11. The molecule has 0 saturated heterocycles. The number of aryl methyl sites for hydroxylation is 1. The molecule has 0 aliphatic heterocycles. The summed E-state index contributed by atoms with van der Waals surface area (Å²) < 4.78 is 11.5. The van der Waals surface area contributed by atoms with Crippen LogP contribution in [0.4, 0.5) is 0 Å². The van der Waals surface area contributed by atoms with Gasteiger partial charge in [0.2, 0.25) is 5.89 Å². The first kappa shape index (κ1) is 14.9. The van der Waals surface area contributed by atoms with Crippen molar-refractivity contribution in [3.8, 4) is 23.3 Å². The number of ether oxygens (including phenoxy) is 1. The number of hydrogen-bond donors (Lipinski definition) is 0. The highest BCUT2D eigenvalue weighted by Crippen LogP contribution is 2.22. The molecule has 3 rings (SSSR count). The lowest BCUT2D eigenvalue weighted by atomic mass is 10.2. The van der Waals surface area contributed by atoms with Crippen LogP contribution in [-0.4, -0.2) is 4.98 Å². The molecule has 0 saturated carbocycles. The van der Waals surface area contributed by atoms with Crippen molar-refractivity contribution in [3.05, 3.63) is 71.6 Å². The molecule has 0 spiro atoms. The van der Waals surface area contributed by atoms with E-state index in [1.165, 1.54) is 0 Å². The molecule has 0 unspecified atom stereocenters. The maximum absolute atomic E-state index is 8.67. The van der Waals surface area contributed by atoms with Crippen molar-refractivity contribution < 1.29 is 9.15 Å². The summed E-state index contributed by atoms with van der Waals surface area (Å²) in [5.74, 6) is 2.10. The molecule has 0 N–H and O–H groups in total. The van der Waals surface area contributed by atoms with Gasteiger partial charge in [-0.1, -0.05) is 30.3 Å². The molecule has 0 atom stereocenters. The summed E-state index contributed by atoms with van der Waals surface area (Å²) in [6.45, 7) is 2.23. The van der Waals surface area contributed by atoms with E-state index in [0.717, 1.165) is 28.3 Å². The Bertz CT molecular complexity index is 815. The summed E-state index contributed by atoms with van der Waals surface area (Å²) in [5, 5.41) is 8.67. The van der Waals surface area contributed by atoms with Gasteiger partial charge in [0.1, 0.15) is 23.8 Å². The van der Waals surface area contributed by atoms with Gasteiger partial charge in [0.25, 0.3) is 0 Å². The first-order chi connectivity index (χ1) is 11.3. The molecule has 0 aliphatic rings. The fourth-order valence-corrected chi connectivity index (χ4v) is 2.21. The van der Waals surface area contributed by atoms with E-state index < -0.39 is 0 Å². The van der Waals surface area contributed by atoms with Gasteiger partial charge in [0.15, 0.2) is 0 Å². The second-order valence-corrected chi connectivity index (χ2v) is 5.16. The van der Waals surface area contributed by atoms with Crippen molar-refractivity contribution in [2.45, 2.75) is 20.0 Å². The summed E-state index contributed by atoms with van der Waals surface area (Å²) in [4.78, 5) is 4.51. The third kappa shape index (κ3) is 3.58. The largest absolute Gasteiger partial charge is 0.487 e. The van der Waals surface area contributed by atoms with E-state index in [9.17, 15) is 0 Å². The number of aromatic nitrogens is 1. The van der Waals surface area contributed by atoms with Crippen LogP contribution in [0.15, 0.2) is 59.0 Å². The summed E-state index contributed by atoms with van der Waals surface area (Å²) in [6.07, 6.45) is 0.406. The third-order valence-electron chi connectivity index (χ3n) is 3.50. The minimum Gasteiger partial charge on any atom is -0.487 e. The Kier molecular flexibility index (Phi) is 4.39. The third-order valence-corrected chi connectivity index (χ3v) is 3.50. The van der Waals surface area contributed by atoms with Crippen LogP contribution in [0.3, 0.4) is 0 Å². The van der Waals surface area contributed by atoms with E-state index in [4.69, 9.17) is 14.4 Å². The summed E-state index contributed by atoms with van der Waals surface area (Å²) in [7, 11) is 0.